The summed E-state index contributed by atoms with van der Waals surface area (Å²) in [6.45, 7) is 3.82. The first-order valence-electron chi connectivity index (χ1n) is 8.46. The maximum absolute atomic E-state index is 12.5. The predicted octanol–water partition coefficient (Wildman–Crippen LogP) is 3.60. The zero-order valence-corrected chi connectivity index (χ0v) is 16.0. The summed E-state index contributed by atoms with van der Waals surface area (Å²) in [5, 5.41) is 4.17. The van der Waals surface area contributed by atoms with Gasteiger partial charge < -0.3 is 9.26 Å². The molecule has 1 aromatic heterocycles. The predicted molar refractivity (Wildman–Crippen MR) is 103 cm³/mol. The molecule has 7 nitrogen and oxygen atoms in total. The fourth-order valence-corrected chi connectivity index (χ4v) is 2.75. The first kappa shape index (κ1) is 19.4. The number of hydrogen-bond donors (Lipinski definition) is 2. The molecule has 0 spiro atoms. The SMILES string of the molecule is Cc1noc(C)c1COc1ccccc1C(=O)NNC(=O)c1ccccc1Cl. The van der Waals surface area contributed by atoms with Crippen LogP contribution in [-0.4, -0.2) is 17.0 Å². The third-order valence-corrected chi connectivity index (χ3v) is 4.42. The van der Waals surface area contributed by atoms with E-state index in [0.717, 1.165) is 11.3 Å². The Labute approximate surface area is 166 Å². The third-order valence-electron chi connectivity index (χ3n) is 4.09. The molecule has 2 aromatic carbocycles. The van der Waals surface area contributed by atoms with E-state index in [9.17, 15) is 9.59 Å². The molecule has 0 radical (unpaired) electrons. The number of carbonyl (C=O) groups is 2. The molecule has 0 fully saturated rings. The van der Waals surface area contributed by atoms with Gasteiger partial charge in [0.15, 0.2) is 0 Å². The largest absolute Gasteiger partial charge is 0.488 e. The van der Waals surface area contributed by atoms with Crippen molar-refractivity contribution in [3.63, 3.8) is 0 Å². The molecule has 3 aromatic rings. The fourth-order valence-electron chi connectivity index (χ4n) is 2.53. The first-order valence-corrected chi connectivity index (χ1v) is 8.84. The van der Waals surface area contributed by atoms with Crippen LogP contribution in [-0.2, 0) is 6.61 Å². The van der Waals surface area contributed by atoms with Crippen LogP contribution in [0.25, 0.3) is 0 Å². The molecule has 2 N–H and O–H groups in total. The smallest absolute Gasteiger partial charge is 0.273 e. The maximum atomic E-state index is 12.5. The summed E-state index contributed by atoms with van der Waals surface area (Å²) in [5.74, 6) is -0.0127. The van der Waals surface area contributed by atoms with Crippen molar-refractivity contribution in [2.45, 2.75) is 20.5 Å². The number of carbonyl (C=O) groups excluding carboxylic acids is 2. The molecule has 0 aliphatic carbocycles. The van der Waals surface area contributed by atoms with Gasteiger partial charge in [-0.2, -0.15) is 0 Å². The van der Waals surface area contributed by atoms with Gasteiger partial charge in [-0.25, -0.2) is 0 Å². The lowest BCUT2D eigenvalue weighted by Crippen LogP contribution is -2.41. The van der Waals surface area contributed by atoms with Gasteiger partial charge in [-0.15, -0.1) is 0 Å². The second-order valence-electron chi connectivity index (χ2n) is 5.98. The summed E-state index contributed by atoms with van der Waals surface area (Å²) in [7, 11) is 0. The number of rotatable bonds is 5. The second-order valence-corrected chi connectivity index (χ2v) is 6.38. The van der Waals surface area contributed by atoms with Crippen LogP contribution in [0.15, 0.2) is 53.1 Å². The topological polar surface area (TPSA) is 93.5 Å². The number of nitrogens with zero attached hydrogens (tertiary/aromatic N) is 1. The van der Waals surface area contributed by atoms with Crippen LogP contribution in [0.3, 0.4) is 0 Å². The molecule has 0 aliphatic rings. The number of ether oxygens (including phenoxy) is 1. The highest BCUT2D eigenvalue weighted by molar-refractivity contribution is 6.33. The van der Waals surface area contributed by atoms with Gasteiger partial charge in [0.1, 0.15) is 18.1 Å². The minimum atomic E-state index is -0.520. The second kappa shape index (κ2) is 8.58. The van der Waals surface area contributed by atoms with Crippen molar-refractivity contribution in [1.82, 2.24) is 16.0 Å². The highest BCUT2D eigenvalue weighted by Crippen LogP contribution is 2.21. The number of aromatic nitrogens is 1. The molecule has 0 saturated heterocycles. The first-order chi connectivity index (χ1) is 13.5. The normalized spacial score (nSPS) is 10.4. The average molecular weight is 400 g/mol. The molecular formula is C20H18ClN3O4. The van der Waals surface area contributed by atoms with Gasteiger partial charge in [-0.05, 0) is 38.1 Å². The maximum Gasteiger partial charge on any atom is 0.273 e. The number of benzene rings is 2. The van der Waals surface area contributed by atoms with Gasteiger partial charge in [-0.3, -0.25) is 20.4 Å². The number of para-hydroxylation sites is 1. The van der Waals surface area contributed by atoms with Gasteiger partial charge in [0.05, 0.1) is 27.4 Å². The van der Waals surface area contributed by atoms with E-state index < -0.39 is 11.8 Å². The van der Waals surface area contributed by atoms with E-state index in [1.165, 1.54) is 0 Å². The number of aryl methyl sites for hydroxylation is 2. The molecular weight excluding hydrogens is 382 g/mol. The molecule has 3 rings (SSSR count). The molecule has 0 unspecified atom stereocenters. The van der Waals surface area contributed by atoms with Crippen LogP contribution in [0.4, 0.5) is 0 Å². The summed E-state index contributed by atoms with van der Waals surface area (Å²) in [4.78, 5) is 24.7. The van der Waals surface area contributed by atoms with E-state index in [0.29, 0.717) is 11.5 Å². The zero-order valence-electron chi connectivity index (χ0n) is 15.3. The monoisotopic (exact) mass is 399 g/mol. The molecule has 2 amide bonds. The Morgan fingerprint density at radius 3 is 2.25 bits per heavy atom. The Kier molecular flexibility index (Phi) is 5.96. The van der Waals surface area contributed by atoms with E-state index >= 15 is 0 Å². The fraction of sp³-hybridized carbons (Fsp3) is 0.150. The Bertz CT molecular complexity index is 997. The lowest BCUT2D eigenvalue weighted by molar-refractivity contribution is 0.0844. The van der Waals surface area contributed by atoms with Crippen molar-refractivity contribution in [2.75, 3.05) is 0 Å². The van der Waals surface area contributed by atoms with Gasteiger partial charge in [0.25, 0.3) is 11.8 Å². The average Bonchev–Trinajstić information content (AvgIpc) is 3.02. The third kappa shape index (κ3) is 4.32. The molecule has 144 valence electrons. The van der Waals surface area contributed by atoms with Crippen molar-refractivity contribution in [2.24, 2.45) is 0 Å². The molecule has 1 heterocycles. The van der Waals surface area contributed by atoms with Crippen LogP contribution in [0, 0.1) is 13.8 Å². The lowest BCUT2D eigenvalue weighted by Gasteiger charge is -2.12. The number of halogens is 1. The number of hydrazine groups is 1. The number of hydrogen-bond acceptors (Lipinski definition) is 5. The van der Waals surface area contributed by atoms with E-state index in [1.807, 2.05) is 6.92 Å². The molecule has 0 aliphatic heterocycles. The zero-order chi connectivity index (χ0) is 20.1. The molecule has 0 atom stereocenters. The van der Waals surface area contributed by atoms with Crippen molar-refractivity contribution in [3.05, 3.63) is 81.7 Å². The van der Waals surface area contributed by atoms with Gasteiger partial charge in [-0.1, -0.05) is 41.0 Å². The standard InChI is InChI=1S/C20H18ClN3O4/c1-12-16(13(2)28-24-12)11-27-18-10-6-4-8-15(18)20(26)23-22-19(25)14-7-3-5-9-17(14)21/h3-10H,11H2,1-2H3,(H,22,25)(H,23,26). The quantitative estimate of drug-likeness (QED) is 0.639. The van der Waals surface area contributed by atoms with E-state index in [1.54, 1.807) is 55.5 Å². The number of nitrogens with one attached hydrogen (secondary N) is 2. The van der Waals surface area contributed by atoms with Crippen molar-refractivity contribution < 1.29 is 18.8 Å². The Balaban J connectivity index is 1.67. The summed E-state index contributed by atoms with van der Waals surface area (Å²) >= 11 is 5.99. The molecule has 8 heteroatoms. The Morgan fingerprint density at radius 2 is 1.61 bits per heavy atom. The van der Waals surface area contributed by atoms with Gasteiger partial charge in [0.2, 0.25) is 0 Å². The highest BCUT2D eigenvalue weighted by Gasteiger charge is 2.16. The van der Waals surface area contributed by atoms with Crippen LogP contribution < -0.4 is 15.6 Å². The van der Waals surface area contributed by atoms with Crippen LogP contribution in [0.2, 0.25) is 5.02 Å². The minimum absolute atomic E-state index is 0.206. The van der Waals surface area contributed by atoms with Gasteiger partial charge >= 0.3 is 0 Å². The summed E-state index contributed by atoms with van der Waals surface area (Å²) in [6.07, 6.45) is 0. The van der Waals surface area contributed by atoms with Crippen LogP contribution in [0.5, 0.6) is 5.75 Å². The van der Waals surface area contributed by atoms with Gasteiger partial charge in [0, 0.05) is 0 Å². The van der Waals surface area contributed by atoms with Crippen molar-refractivity contribution >= 4 is 23.4 Å². The molecule has 0 bridgehead atoms. The Morgan fingerprint density at radius 1 is 1.00 bits per heavy atom. The Hall–Kier alpha value is -3.32. The minimum Gasteiger partial charge on any atom is -0.488 e. The summed E-state index contributed by atoms with van der Waals surface area (Å²) in [6, 6.07) is 13.3. The molecule has 28 heavy (non-hydrogen) atoms. The summed E-state index contributed by atoms with van der Waals surface area (Å²) in [5.41, 5.74) is 6.80. The van der Waals surface area contributed by atoms with Crippen molar-refractivity contribution in [1.29, 1.82) is 0 Å². The lowest BCUT2D eigenvalue weighted by atomic mass is 10.2. The molecule has 0 saturated carbocycles. The number of amides is 2. The summed E-state index contributed by atoms with van der Waals surface area (Å²) < 4.78 is 10.9. The van der Waals surface area contributed by atoms with E-state index in [-0.39, 0.29) is 22.8 Å². The van der Waals surface area contributed by atoms with Crippen molar-refractivity contribution in [3.8, 4) is 5.75 Å². The highest BCUT2D eigenvalue weighted by atomic mass is 35.5. The van der Waals surface area contributed by atoms with E-state index in [2.05, 4.69) is 16.0 Å². The van der Waals surface area contributed by atoms with Crippen LogP contribution in [0.1, 0.15) is 37.7 Å². The van der Waals surface area contributed by atoms with Crippen LogP contribution >= 0.6 is 11.6 Å². The van der Waals surface area contributed by atoms with E-state index in [4.69, 9.17) is 20.9 Å².